The first kappa shape index (κ1) is 18.8. The fourth-order valence-corrected chi connectivity index (χ4v) is 4.09. The molecule has 148 valence electrons. The first-order valence-electron chi connectivity index (χ1n) is 9.31. The van der Waals surface area contributed by atoms with Crippen LogP contribution in [0, 0.1) is 0 Å². The molecule has 0 saturated heterocycles. The molecule has 5 aromatic rings. The Morgan fingerprint density at radius 1 is 0.933 bits per heavy atom. The molecule has 3 aromatic carbocycles. The number of ether oxygens (including phenoxy) is 1. The predicted molar refractivity (Wildman–Crippen MR) is 121 cm³/mol. The van der Waals surface area contributed by atoms with Gasteiger partial charge in [-0.25, -0.2) is 4.68 Å². The topological polar surface area (TPSA) is 40.2 Å². The molecule has 0 N–H and O–H groups in total. The van der Waals surface area contributed by atoms with E-state index in [1.807, 2.05) is 65.3 Å². The van der Waals surface area contributed by atoms with Crippen molar-refractivity contribution >= 4 is 34.2 Å². The highest BCUT2D eigenvalue weighted by Gasteiger charge is 2.19. The number of hydrogen-bond acceptors (Lipinski definition) is 3. The third-order valence-electron chi connectivity index (χ3n) is 4.98. The monoisotopic (exact) mass is 434 g/mol. The minimum absolute atomic E-state index is 0.520. The van der Waals surface area contributed by atoms with Crippen molar-refractivity contribution < 1.29 is 9.15 Å². The highest BCUT2D eigenvalue weighted by Crippen LogP contribution is 2.39. The molecule has 0 amide bonds. The van der Waals surface area contributed by atoms with Gasteiger partial charge < -0.3 is 9.15 Å². The minimum atomic E-state index is 0.520. The Labute approximate surface area is 183 Å². The van der Waals surface area contributed by atoms with Crippen LogP contribution in [0.15, 0.2) is 83.5 Å². The van der Waals surface area contributed by atoms with Gasteiger partial charge in [-0.1, -0.05) is 53.5 Å². The van der Waals surface area contributed by atoms with E-state index in [0.29, 0.717) is 15.8 Å². The molecular weight excluding hydrogens is 419 g/mol. The lowest BCUT2D eigenvalue weighted by Gasteiger charge is -2.10. The van der Waals surface area contributed by atoms with Gasteiger partial charge in [0, 0.05) is 16.1 Å². The summed E-state index contributed by atoms with van der Waals surface area (Å²) in [4.78, 5) is 0. The second-order valence-electron chi connectivity index (χ2n) is 6.77. The Kier molecular flexibility index (Phi) is 4.74. The van der Waals surface area contributed by atoms with E-state index in [0.717, 1.165) is 39.2 Å². The van der Waals surface area contributed by atoms with Crippen LogP contribution in [-0.4, -0.2) is 16.9 Å². The van der Waals surface area contributed by atoms with Gasteiger partial charge in [-0.3, -0.25) is 0 Å². The fourth-order valence-electron chi connectivity index (χ4n) is 3.60. The smallest absolute Gasteiger partial charge is 0.139 e. The lowest BCUT2D eigenvalue weighted by molar-refractivity contribution is 0.421. The Morgan fingerprint density at radius 3 is 2.53 bits per heavy atom. The van der Waals surface area contributed by atoms with E-state index < -0.39 is 0 Å². The number of hydrogen-bond donors (Lipinski definition) is 0. The van der Waals surface area contributed by atoms with Crippen LogP contribution in [0.1, 0.15) is 0 Å². The molecule has 0 atom stereocenters. The first-order chi connectivity index (χ1) is 14.7. The summed E-state index contributed by atoms with van der Waals surface area (Å²) in [6.45, 7) is 0. The van der Waals surface area contributed by atoms with Gasteiger partial charge in [-0.05, 0) is 42.5 Å². The fraction of sp³-hybridized carbons (Fsp3) is 0.0417. The summed E-state index contributed by atoms with van der Waals surface area (Å²) in [5.41, 5.74) is 5.07. The SMILES string of the molecule is COc1c(-c2cc(-c3ccccc3)n(-c3ccc(Cl)cc3Cl)n2)ccc2occc12. The summed E-state index contributed by atoms with van der Waals surface area (Å²) in [6.07, 6.45) is 1.65. The molecule has 0 spiro atoms. The number of benzene rings is 3. The van der Waals surface area contributed by atoms with Crippen LogP contribution in [0.25, 0.3) is 39.2 Å². The molecular formula is C24H16Cl2N2O2. The van der Waals surface area contributed by atoms with Gasteiger partial charge >= 0.3 is 0 Å². The maximum Gasteiger partial charge on any atom is 0.139 e. The van der Waals surface area contributed by atoms with Crippen molar-refractivity contribution in [2.45, 2.75) is 0 Å². The van der Waals surface area contributed by atoms with Gasteiger partial charge in [0.1, 0.15) is 11.3 Å². The Hall–Kier alpha value is -3.21. The molecule has 0 radical (unpaired) electrons. The van der Waals surface area contributed by atoms with Crippen molar-refractivity contribution in [3.05, 3.63) is 89.1 Å². The number of rotatable bonds is 4. The molecule has 2 aromatic heterocycles. The molecule has 6 heteroatoms. The van der Waals surface area contributed by atoms with Crippen LogP contribution < -0.4 is 4.74 Å². The van der Waals surface area contributed by atoms with Crippen molar-refractivity contribution in [2.75, 3.05) is 7.11 Å². The van der Waals surface area contributed by atoms with Crippen molar-refractivity contribution in [1.29, 1.82) is 0 Å². The highest BCUT2D eigenvalue weighted by atomic mass is 35.5. The molecule has 0 saturated carbocycles. The van der Waals surface area contributed by atoms with E-state index in [-0.39, 0.29) is 0 Å². The molecule has 0 aliphatic carbocycles. The number of furan rings is 1. The molecule has 2 heterocycles. The molecule has 0 bridgehead atoms. The van der Waals surface area contributed by atoms with E-state index in [9.17, 15) is 0 Å². The van der Waals surface area contributed by atoms with Crippen LogP contribution in [0.4, 0.5) is 0 Å². The second-order valence-corrected chi connectivity index (χ2v) is 7.61. The lowest BCUT2D eigenvalue weighted by Crippen LogP contribution is -2.00. The average molecular weight is 435 g/mol. The van der Waals surface area contributed by atoms with Gasteiger partial charge in [-0.15, -0.1) is 0 Å². The Balaban J connectivity index is 1.77. The second kappa shape index (κ2) is 7.56. The van der Waals surface area contributed by atoms with Crippen molar-refractivity contribution in [1.82, 2.24) is 9.78 Å². The number of methoxy groups -OCH3 is 1. The minimum Gasteiger partial charge on any atom is -0.495 e. The van der Waals surface area contributed by atoms with E-state index >= 15 is 0 Å². The van der Waals surface area contributed by atoms with E-state index in [2.05, 4.69) is 0 Å². The molecule has 5 rings (SSSR count). The zero-order valence-electron chi connectivity index (χ0n) is 16.0. The summed E-state index contributed by atoms with van der Waals surface area (Å²) in [6, 6.07) is 23.2. The maximum atomic E-state index is 6.52. The number of halogens is 2. The molecule has 0 aliphatic rings. The third-order valence-corrected chi connectivity index (χ3v) is 5.52. The van der Waals surface area contributed by atoms with Crippen LogP contribution >= 0.6 is 23.2 Å². The van der Waals surface area contributed by atoms with Crippen LogP contribution in [0.2, 0.25) is 10.0 Å². The number of aromatic nitrogens is 2. The summed E-state index contributed by atoms with van der Waals surface area (Å²) in [5, 5.41) is 6.89. The highest BCUT2D eigenvalue weighted by molar-refractivity contribution is 6.35. The predicted octanol–water partition coefficient (Wildman–Crippen LogP) is 7.27. The van der Waals surface area contributed by atoms with E-state index in [4.69, 9.17) is 37.5 Å². The van der Waals surface area contributed by atoms with Crippen LogP contribution in [0.5, 0.6) is 5.75 Å². The lowest BCUT2D eigenvalue weighted by atomic mass is 10.1. The van der Waals surface area contributed by atoms with Crippen molar-refractivity contribution in [2.24, 2.45) is 0 Å². The first-order valence-corrected chi connectivity index (χ1v) is 10.1. The zero-order valence-corrected chi connectivity index (χ0v) is 17.5. The molecule has 0 fully saturated rings. The number of nitrogens with zero attached hydrogens (tertiary/aromatic N) is 2. The molecule has 30 heavy (non-hydrogen) atoms. The molecule has 0 aliphatic heterocycles. The van der Waals surface area contributed by atoms with Gasteiger partial charge in [-0.2, -0.15) is 5.10 Å². The van der Waals surface area contributed by atoms with Gasteiger partial charge in [0.15, 0.2) is 0 Å². The Morgan fingerprint density at radius 2 is 1.77 bits per heavy atom. The third kappa shape index (κ3) is 3.15. The van der Waals surface area contributed by atoms with E-state index in [1.165, 1.54) is 0 Å². The summed E-state index contributed by atoms with van der Waals surface area (Å²) < 4.78 is 13.1. The van der Waals surface area contributed by atoms with Crippen LogP contribution in [-0.2, 0) is 0 Å². The van der Waals surface area contributed by atoms with Gasteiger partial charge in [0.25, 0.3) is 0 Å². The molecule has 0 unspecified atom stereocenters. The number of fused-ring (bicyclic) bond motifs is 1. The summed E-state index contributed by atoms with van der Waals surface area (Å²) in [7, 11) is 1.65. The zero-order chi connectivity index (χ0) is 20.7. The summed E-state index contributed by atoms with van der Waals surface area (Å²) in [5.74, 6) is 0.715. The summed E-state index contributed by atoms with van der Waals surface area (Å²) >= 11 is 12.6. The van der Waals surface area contributed by atoms with Gasteiger partial charge in [0.2, 0.25) is 0 Å². The quantitative estimate of drug-likeness (QED) is 0.298. The van der Waals surface area contributed by atoms with Crippen molar-refractivity contribution in [3.8, 4) is 34.0 Å². The Bertz CT molecular complexity index is 1360. The maximum absolute atomic E-state index is 6.52. The van der Waals surface area contributed by atoms with Gasteiger partial charge in [0.05, 0.1) is 40.9 Å². The normalized spacial score (nSPS) is 11.2. The van der Waals surface area contributed by atoms with Crippen LogP contribution in [0.3, 0.4) is 0 Å². The standard InChI is InChI=1S/C24H16Cl2N2O2/c1-29-24-17(8-10-23-18(24)11-12-30-23)20-14-22(15-5-3-2-4-6-15)28(27-20)21-9-7-16(25)13-19(21)26/h2-14H,1H3. The largest absolute Gasteiger partial charge is 0.495 e. The molecule has 4 nitrogen and oxygen atoms in total. The van der Waals surface area contributed by atoms with Crippen molar-refractivity contribution in [3.63, 3.8) is 0 Å². The average Bonchev–Trinajstić information content (AvgIpc) is 3.41. The van der Waals surface area contributed by atoms with E-state index in [1.54, 1.807) is 25.5 Å².